The Morgan fingerprint density at radius 3 is 2.52 bits per heavy atom. The molecule has 0 aliphatic heterocycles. The number of hydrogen-bond acceptors (Lipinski definition) is 3. The van der Waals surface area contributed by atoms with Gasteiger partial charge in [0, 0.05) is 29.3 Å². The van der Waals surface area contributed by atoms with Crippen LogP contribution in [0.4, 0.5) is 13.6 Å². The quantitative estimate of drug-likeness (QED) is 0.652. The fourth-order valence-corrected chi connectivity index (χ4v) is 3.16. The number of aromatic nitrogens is 1. The van der Waals surface area contributed by atoms with E-state index in [4.69, 9.17) is 4.74 Å². The molecule has 1 heterocycles. The lowest BCUT2D eigenvalue weighted by atomic mass is 10.1. The average molecular weight is 398 g/mol. The zero-order chi connectivity index (χ0) is 21.0. The lowest BCUT2D eigenvalue weighted by Gasteiger charge is -2.12. The van der Waals surface area contributed by atoms with E-state index in [1.165, 1.54) is 17.7 Å². The molecule has 7 heteroatoms. The van der Waals surface area contributed by atoms with E-state index in [-0.39, 0.29) is 11.6 Å². The van der Waals surface area contributed by atoms with Crippen LogP contribution in [0.2, 0.25) is 0 Å². The highest BCUT2D eigenvalue weighted by Gasteiger charge is 2.16. The van der Waals surface area contributed by atoms with Gasteiger partial charge in [-0.15, -0.1) is 0 Å². The van der Waals surface area contributed by atoms with E-state index in [0.717, 1.165) is 35.2 Å². The highest BCUT2D eigenvalue weighted by atomic mass is 19.1. The molecular weight excluding hydrogens is 378 g/mol. The first-order valence-corrected chi connectivity index (χ1v) is 9.00. The topological polar surface area (TPSA) is 60.3 Å². The molecular formula is C22H20F2N2O3. The van der Waals surface area contributed by atoms with Crippen molar-refractivity contribution in [3.63, 3.8) is 0 Å². The number of fused-ring (bicyclic) bond motifs is 1. The summed E-state index contributed by atoms with van der Waals surface area (Å²) in [5, 5.41) is 3.64. The number of nitrogens with zero attached hydrogens (tertiary/aromatic N) is 1. The number of para-hydroxylation sites is 1. The third-order valence-corrected chi connectivity index (χ3v) is 4.48. The number of carbonyl (C=O) groups is 2. The normalized spacial score (nSPS) is 12.3. The number of nitrogens with one attached hydrogen (secondary N) is 1. The molecule has 5 nitrogen and oxygen atoms in total. The summed E-state index contributed by atoms with van der Waals surface area (Å²) >= 11 is 0. The molecule has 0 spiro atoms. The molecule has 2 aromatic carbocycles. The lowest BCUT2D eigenvalue weighted by Crippen LogP contribution is -2.32. The highest BCUT2D eigenvalue weighted by Crippen LogP contribution is 2.23. The molecule has 1 atom stereocenters. The molecule has 0 radical (unpaired) electrons. The summed E-state index contributed by atoms with van der Waals surface area (Å²) in [7, 11) is 1.31. The summed E-state index contributed by atoms with van der Waals surface area (Å²) in [5.74, 6) is -1.95. The Bertz CT molecular complexity index is 1070. The van der Waals surface area contributed by atoms with E-state index in [0.29, 0.717) is 11.9 Å². The molecule has 3 rings (SSSR count). The smallest absolute Gasteiger partial charge is 0.418 e. The van der Waals surface area contributed by atoms with Crippen LogP contribution in [0.5, 0.6) is 0 Å². The maximum atomic E-state index is 13.6. The van der Waals surface area contributed by atoms with Crippen molar-refractivity contribution >= 4 is 29.0 Å². The number of rotatable bonds is 5. The number of halogens is 2. The van der Waals surface area contributed by atoms with Crippen LogP contribution >= 0.6 is 0 Å². The summed E-state index contributed by atoms with van der Waals surface area (Å²) in [4.78, 5) is 24.1. The molecule has 1 amide bonds. The maximum Gasteiger partial charge on any atom is 0.418 e. The third kappa shape index (κ3) is 4.51. The second-order valence-electron chi connectivity index (χ2n) is 6.59. The van der Waals surface area contributed by atoms with Gasteiger partial charge < -0.3 is 10.1 Å². The molecule has 150 valence electrons. The van der Waals surface area contributed by atoms with Gasteiger partial charge in [0.2, 0.25) is 5.91 Å². The average Bonchev–Trinajstić information content (AvgIpc) is 3.05. The minimum absolute atomic E-state index is 0.267. The first-order valence-electron chi connectivity index (χ1n) is 9.00. The van der Waals surface area contributed by atoms with E-state index in [2.05, 4.69) is 5.32 Å². The van der Waals surface area contributed by atoms with E-state index in [9.17, 15) is 18.4 Å². The number of hydrogen-bond donors (Lipinski definition) is 1. The van der Waals surface area contributed by atoms with Gasteiger partial charge in [0.1, 0.15) is 11.6 Å². The predicted molar refractivity (Wildman–Crippen MR) is 106 cm³/mol. The van der Waals surface area contributed by atoms with E-state index < -0.39 is 23.6 Å². The van der Waals surface area contributed by atoms with Gasteiger partial charge >= 0.3 is 6.09 Å². The molecule has 3 aromatic rings. The van der Waals surface area contributed by atoms with Gasteiger partial charge in [-0.3, -0.25) is 9.36 Å². The monoisotopic (exact) mass is 398 g/mol. The van der Waals surface area contributed by atoms with Crippen molar-refractivity contribution in [2.75, 3.05) is 7.11 Å². The Hall–Kier alpha value is -3.48. The van der Waals surface area contributed by atoms with Crippen LogP contribution in [-0.2, 0) is 16.0 Å². The largest absolute Gasteiger partial charge is 0.452 e. The van der Waals surface area contributed by atoms with E-state index in [1.54, 1.807) is 13.1 Å². The molecule has 0 aliphatic carbocycles. The fourth-order valence-electron chi connectivity index (χ4n) is 3.16. The van der Waals surface area contributed by atoms with Gasteiger partial charge in [-0.25, -0.2) is 13.6 Å². The zero-order valence-corrected chi connectivity index (χ0v) is 16.0. The van der Waals surface area contributed by atoms with Gasteiger partial charge in [0.05, 0.1) is 12.6 Å². The summed E-state index contributed by atoms with van der Waals surface area (Å²) in [6.07, 6.45) is 3.84. The van der Waals surface area contributed by atoms with Gasteiger partial charge in [-0.1, -0.05) is 24.3 Å². The van der Waals surface area contributed by atoms with Gasteiger partial charge in [0.15, 0.2) is 0 Å². The van der Waals surface area contributed by atoms with E-state index >= 15 is 0 Å². The van der Waals surface area contributed by atoms with Crippen LogP contribution in [0.15, 0.2) is 54.7 Å². The molecule has 0 fully saturated rings. The molecule has 29 heavy (non-hydrogen) atoms. The predicted octanol–water partition coefficient (Wildman–Crippen LogP) is 4.29. The standard InChI is InChI=1S/C22H20F2N2O3/c1-14(25-21(27)11-10-17-18(23)7-5-8-19(17)24)12-15-13-26(22(28)29-2)20-9-4-3-6-16(15)20/h3-11,13-14H,12H2,1-2H3,(H,25,27)/t14-/m1/s1. The number of ether oxygens (including phenoxy) is 1. The van der Waals surface area contributed by atoms with Crippen molar-refractivity contribution in [3.05, 3.63) is 77.5 Å². The van der Waals surface area contributed by atoms with Crippen molar-refractivity contribution in [1.82, 2.24) is 9.88 Å². The van der Waals surface area contributed by atoms with Crippen LogP contribution < -0.4 is 5.32 Å². The van der Waals surface area contributed by atoms with E-state index in [1.807, 2.05) is 24.3 Å². The van der Waals surface area contributed by atoms with Crippen LogP contribution in [0.25, 0.3) is 17.0 Å². The minimum Gasteiger partial charge on any atom is -0.452 e. The minimum atomic E-state index is -0.738. The fraction of sp³-hybridized carbons (Fsp3) is 0.182. The summed E-state index contributed by atoms with van der Waals surface area (Å²) in [6, 6.07) is 10.6. The SMILES string of the molecule is COC(=O)n1cc(C[C@@H](C)NC(=O)C=Cc2c(F)cccc2F)c2ccccc21. The molecule has 0 saturated heterocycles. The second-order valence-corrected chi connectivity index (χ2v) is 6.59. The summed E-state index contributed by atoms with van der Waals surface area (Å²) < 4.78 is 33.5. The van der Waals surface area contributed by atoms with Gasteiger partial charge in [-0.05, 0) is 43.2 Å². The number of benzene rings is 2. The van der Waals surface area contributed by atoms with Crippen molar-refractivity contribution in [1.29, 1.82) is 0 Å². The Morgan fingerprint density at radius 1 is 1.14 bits per heavy atom. The Kier molecular flexibility index (Phi) is 6.07. The number of carbonyl (C=O) groups excluding carboxylic acids is 2. The zero-order valence-electron chi connectivity index (χ0n) is 16.0. The Morgan fingerprint density at radius 2 is 1.83 bits per heavy atom. The first kappa shape index (κ1) is 20.3. The molecule has 1 aromatic heterocycles. The second kappa shape index (κ2) is 8.68. The van der Waals surface area contributed by atoms with Crippen molar-refractivity contribution in [2.45, 2.75) is 19.4 Å². The molecule has 0 saturated carbocycles. The molecule has 1 N–H and O–H groups in total. The van der Waals surface area contributed by atoms with Crippen molar-refractivity contribution in [3.8, 4) is 0 Å². The van der Waals surface area contributed by atoms with Gasteiger partial charge in [0.25, 0.3) is 0 Å². The first-order chi connectivity index (χ1) is 13.9. The van der Waals surface area contributed by atoms with Crippen LogP contribution in [0.3, 0.4) is 0 Å². The number of amides is 1. The van der Waals surface area contributed by atoms with Crippen molar-refractivity contribution < 1.29 is 23.1 Å². The highest BCUT2D eigenvalue weighted by molar-refractivity contribution is 5.93. The van der Waals surface area contributed by atoms with Gasteiger partial charge in [-0.2, -0.15) is 0 Å². The summed E-state index contributed by atoms with van der Waals surface area (Å²) in [5.41, 5.74) is 1.31. The third-order valence-electron chi connectivity index (χ3n) is 4.48. The Balaban J connectivity index is 1.72. The summed E-state index contributed by atoms with van der Waals surface area (Å²) in [6.45, 7) is 1.81. The number of methoxy groups -OCH3 is 1. The maximum absolute atomic E-state index is 13.6. The van der Waals surface area contributed by atoms with Crippen molar-refractivity contribution in [2.24, 2.45) is 0 Å². The van der Waals surface area contributed by atoms with Crippen LogP contribution in [0, 0.1) is 11.6 Å². The van der Waals surface area contributed by atoms with Crippen LogP contribution in [-0.4, -0.2) is 29.7 Å². The molecule has 0 unspecified atom stereocenters. The molecule has 0 bridgehead atoms. The lowest BCUT2D eigenvalue weighted by molar-refractivity contribution is -0.117. The Labute approximate surface area is 166 Å². The van der Waals surface area contributed by atoms with Crippen LogP contribution in [0.1, 0.15) is 18.1 Å². The molecule has 0 aliphatic rings.